The fourth-order valence-electron chi connectivity index (χ4n) is 2.14. The molecule has 0 N–H and O–H groups in total. The normalized spacial score (nSPS) is 10.4. The molecule has 0 unspecified atom stereocenters. The average Bonchev–Trinajstić information content (AvgIpc) is 2.63. The molecule has 0 spiro atoms. The van der Waals surface area contributed by atoms with Gasteiger partial charge in [0.05, 0.1) is 36.7 Å². The zero-order chi connectivity index (χ0) is 20.0. The number of ether oxygens (including phenoxy) is 3. The molecule has 1 heterocycles. The molecule has 0 saturated heterocycles. The molecule has 0 fully saturated rings. The fraction of sp³-hybridized carbons (Fsp3) is 0.294. The van der Waals surface area contributed by atoms with E-state index < -0.39 is 17.5 Å². The van der Waals surface area contributed by atoms with Crippen molar-refractivity contribution < 1.29 is 23.8 Å². The van der Waals surface area contributed by atoms with Crippen LogP contribution in [0.15, 0.2) is 29.1 Å². The van der Waals surface area contributed by atoms with Crippen molar-refractivity contribution in [2.24, 2.45) is 0 Å². The van der Waals surface area contributed by atoms with E-state index in [1.165, 1.54) is 25.3 Å². The third-order valence-corrected chi connectivity index (χ3v) is 3.95. The predicted octanol–water partition coefficient (Wildman–Crippen LogP) is 2.73. The molecule has 10 heteroatoms. The van der Waals surface area contributed by atoms with Crippen molar-refractivity contribution in [1.82, 2.24) is 9.78 Å². The molecule has 1 aromatic heterocycles. The molecule has 0 amide bonds. The molecule has 144 valence electrons. The van der Waals surface area contributed by atoms with Crippen LogP contribution in [-0.4, -0.2) is 35.4 Å². The summed E-state index contributed by atoms with van der Waals surface area (Å²) in [5.41, 5.74) is -0.532. The van der Waals surface area contributed by atoms with Crippen LogP contribution in [0.2, 0.25) is 10.0 Å². The van der Waals surface area contributed by atoms with Crippen LogP contribution in [0.3, 0.4) is 0 Å². The second kappa shape index (κ2) is 9.38. The van der Waals surface area contributed by atoms with Crippen molar-refractivity contribution in [2.75, 3.05) is 13.7 Å². The molecule has 2 aromatic rings. The summed E-state index contributed by atoms with van der Waals surface area (Å²) < 4.78 is 16.1. The predicted molar refractivity (Wildman–Crippen MR) is 97.7 cm³/mol. The molecule has 0 bridgehead atoms. The Morgan fingerprint density at radius 2 is 1.85 bits per heavy atom. The molecule has 0 atom stereocenters. The summed E-state index contributed by atoms with van der Waals surface area (Å²) in [5.74, 6) is -1.42. The van der Waals surface area contributed by atoms with Gasteiger partial charge >= 0.3 is 11.9 Å². The number of hydrogen-bond donors (Lipinski definition) is 0. The van der Waals surface area contributed by atoms with E-state index in [0.29, 0.717) is 0 Å². The summed E-state index contributed by atoms with van der Waals surface area (Å²) in [7, 11) is 1.34. The minimum atomic E-state index is -0.859. The number of carbonyl (C=O) groups is 2. The number of halogens is 2. The molecule has 0 radical (unpaired) electrons. The van der Waals surface area contributed by atoms with Gasteiger partial charge < -0.3 is 14.2 Å². The van der Waals surface area contributed by atoms with Gasteiger partial charge in [-0.1, -0.05) is 23.2 Å². The van der Waals surface area contributed by atoms with Crippen molar-refractivity contribution in [3.63, 3.8) is 0 Å². The molecule has 0 saturated carbocycles. The fourth-order valence-corrected chi connectivity index (χ4v) is 2.60. The summed E-state index contributed by atoms with van der Waals surface area (Å²) in [5, 5.41) is 4.18. The van der Waals surface area contributed by atoms with Gasteiger partial charge in [0, 0.05) is 12.1 Å². The van der Waals surface area contributed by atoms with E-state index in [1.807, 2.05) is 0 Å². The lowest BCUT2D eigenvalue weighted by molar-refractivity contribution is -0.143. The van der Waals surface area contributed by atoms with Crippen LogP contribution >= 0.6 is 23.2 Å². The third-order valence-electron chi connectivity index (χ3n) is 3.34. The first kappa shape index (κ1) is 20.7. The Balaban J connectivity index is 2.22. The van der Waals surface area contributed by atoms with E-state index in [0.717, 1.165) is 10.7 Å². The molecule has 0 aliphatic heterocycles. The molecular formula is C17H16Cl2N2O6. The maximum atomic E-state index is 12.5. The highest BCUT2D eigenvalue weighted by Crippen LogP contribution is 2.34. The number of aryl methyl sites for hydroxylation is 1. The number of aromatic nitrogens is 2. The van der Waals surface area contributed by atoms with Gasteiger partial charge in [-0.05, 0) is 19.1 Å². The van der Waals surface area contributed by atoms with Crippen LogP contribution in [0.1, 0.15) is 23.7 Å². The minimum absolute atomic E-state index is 0.0235. The Morgan fingerprint density at radius 1 is 1.15 bits per heavy atom. The summed E-state index contributed by atoms with van der Waals surface area (Å²) in [6, 6.07) is 5.30. The lowest BCUT2D eigenvalue weighted by Gasteiger charge is -2.12. The lowest BCUT2D eigenvalue weighted by atomic mass is 10.2. The highest BCUT2D eigenvalue weighted by atomic mass is 35.5. The van der Waals surface area contributed by atoms with Crippen LogP contribution in [0.5, 0.6) is 11.6 Å². The van der Waals surface area contributed by atoms with Gasteiger partial charge in [0.15, 0.2) is 5.75 Å². The average molecular weight is 415 g/mol. The Labute approximate surface area is 164 Å². The Kier molecular flexibility index (Phi) is 7.20. The first-order valence-electron chi connectivity index (χ1n) is 7.85. The minimum Gasteiger partial charge on any atom is -0.494 e. The summed E-state index contributed by atoms with van der Waals surface area (Å²) >= 11 is 12.0. The first-order chi connectivity index (χ1) is 12.9. The van der Waals surface area contributed by atoms with Gasteiger partial charge in [0.25, 0.3) is 5.56 Å². The Morgan fingerprint density at radius 3 is 2.52 bits per heavy atom. The van der Waals surface area contributed by atoms with Gasteiger partial charge in [0.1, 0.15) is 5.56 Å². The quantitative estimate of drug-likeness (QED) is 0.642. The number of methoxy groups -OCH3 is 1. The van der Waals surface area contributed by atoms with Gasteiger partial charge in [-0.2, -0.15) is 0 Å². The van der Waals surface area contributed by atoms with E-state index in [2.05, 4.69) is 5.10 Å². The van der Waals surface area contributed by atoms with Crippen LogP contribution in [0, 0.1) is 0 Å². The maximum Gasteiger partial charge on any atom is 0.350 e. The van der Waals surface area contributed by atoms with Crippen molar-refractivity contribution in [3.8, 4) is 11.6 Å². The molecule has 2 rings (SSSR count). The molecular weight excluding hydrogens is 399 g/mol. The van der Waals surface area contributed by atoms with Crippen molar-refractivity contribution >= 4 is 35.1 Å². The standard InChI is InChI=1S/C17H16Cl2N2O6/c1-3-26-14(23)8-9-21-13(22)7-6-12(20-21)27-17(24)15-10(18)4-5-11(19)16(15)25-2/h4-7H,3,8-9H2,1-2H3. The van der Waals surface area contributed by atoms with Gasteiger partial charge in [0.2, 0.25) is 5.88 Å². The molecule has 1 aromatic carbocycles. The Hall–Kier alpha value is -2.58. The Bertz CT molecular complexity index is 913. The number of hydrogen-bond acceptors (Lipinski definition) is 7. The van der Waals surface area contributed by atoms with Gasteiger partial charge in [-0.15, -0.1) is 5.10 Å². The maximum absolute atomic E-state index is 12.5. The van der Waals surface area contributed by atoms with Crippen molar-refractivity contribution in [3.05, 3.63) is 50.2 Å². The van der Waals surface area contributed by atoms with Crippen LogP contribution < -0.4 is 15.0 Å². The summed E-state index contributed by atoms with van der Waals surface area (Å²) in [6.45, 7) is 1.89. The number of esters is 2. The third kappa shape index (κ3) is 5.21. The molecule has 27 heavy (non-hydrogen) atoms. The molecule has 0 aliphatic carbocycles. The SMILES string of the molecule is CCOC(=O)CCn1nc(OC(=O)c2c(Cl)ccc(Cl)c2OC)ccc1=O. The van der Waals surface area contributed by atoms with E-state index in [-0.39, 0.29) is 46.8 Å². The lowest BCUT2D eigenvalue weighted by Crippen LogP contribution is -2.25. The largest absolute Gasteiger partial charge is 0.494 e. The zero-order valence-electron chi connectivity index (χ0n) is 14.5. The number of rotatable bonds is 7. The van der Waals surface area contributed by atoms with Crippen LogP contribution in [0.25, 0.3) is 0 Å². The first-order valence-corrected chi connectivity index (χ1v) is 8.61. The van der Waals surface area contributed by atoms with Crippen molar-refractivity contribution in [2.45, 2.75) is 19.9 Å². The van der Waals surface area contributed by atoms with E-state index >= 15 is 0 Å². The van der Waals surface area contributed by atoms with Crippen LogP contribution in [-0.2, 0) is 16.1 Å². The smallest absolute Gasteiger partial charge is 0.350 e. The van der Waals surface area contributed by atoms with Gasteiger partial charge in [-0.3, -0.25) is 9.59 Å². The van der Waals surface area contributed by atoms with Gasteiger partial charge in [-0.25, -0.2) is 9.48 Å². The topological polar surface area (TPSA) is 96.7 Å². The molecule has 8 nitrogen and oxygen atoms in total. The highest BCUT2D eigenvalue weighted by Gasteiger charge is 2.22. The van der Waals surface area contributed by atoms with E-state index in [4.69, 9.17) is 37.4 Å². The van der Waals surface area contributed by atoms with E-state index in [1.54, 1.807) is 6.92 Å². The number of nitrogens with zero attached hydrogens (tertiary/aromatic N) is 2. The number of benzene rings is 1. The highest BCUT2D eigenvalue weighted by molar-refractivity contribution is 6.37. The monoisotopic (exact) mass is 414 g/mol. The van der Waals surface area contributed by atoms with Crippen LogP contribution in [0.4, 0.5) is 0 Å². The summed E-state index contributed by atoms with van der Waals surface area (Å²) in [4.78, 5) is 35.7. The van der Waals surface area contributed by atoms with Crippen molar-refractivity contribution in [1.29, 1.82) is 0 Å². The van der Waals surface area contributed by atoms with E-state index in [9.17, 15) is 14.4 Å². The summed E-state index contributed by atoms with van der Waals surface area (Å²) in [6.07, 6.45) is -0.0495. The molecule has 0 aliphatic rings. The second-order valence-electron chi connectivity index (χ2n) is 5.11. The number of carbonyl (C=O) groups excluding carboxylic acids is 2. The zero-order valence-corrected chi connectivity index (χ0v) is 16.0. The second-order valence-corrected chi connectivity index (χ2v) is 5.93.